The van der Waals surface area contributed by atoms with Gasteiger partial charge in [0.15, 0.2) is 0 Å². The van der Waals surface area contributed by atoms with E-state index in [9.17, 15) is 14.9 Å². The van der Waals surface area contributed by atoms with Crippen LogP contribution >= 0.6 is 12.6 Å². The summed E-state index contributed by atoms with van der Waals surface area (Å²) in [6.45, 7) is 2.47. The molecule has 0 N–H and O–H groups in total. The smallest absolute Gasteiger partial charge is 0.410 e. The van der Waals surface area contributed by atoms with Crippen molar-refractivity contribution in [2.75, 3.05) is 40.4 Å². The standard InChI is InChI=1S/C17H25N3O5S/c1-18(2)7-8-24-12-15-9-16(26)10-19(15)17(21)25-11-13-3-5-14(6-4-13)20(22)23/h3-6,15-16,26H,7-12H2,1-2H3/t15-,16-/m0/s1. The molecule has 0 unspecified atom stereocenters. The third-order valence-corrected chi connectivity index (χ3v) is 4.50. The molecule has 0 radical (unpaired) electrons. The number of likely N-dealkylation sites (tertiary alicyclic amines) is 1. The van der Waals surface area contributed by atoms with Crippen LogP contribution in [0.4, 0.5) is 10.5 Å². The van der Waals surface area contributed by atoms with Crippen LogP contribution in [0.3, 0.4) is 0 Å². The molecule has 9 heteroatoms. The number of ether oxygens (including phenoxy) is 2. The van der Waals surface area contributed by atoms with Crippen LogP contribution in [0, 0.1) is 10.1 Å². The number of carbonyl (C=O) groups excluding carboxylic acids is 1. The lowest BCUT2D eigenvalue weighted by atomic mass is 10.2. The Morgan fingerprint density at radius 1 is 1.38 bits per heavy atom. The average molecular weight is 383 g/mol. The van der Waals surface area contributed by atoms with Crippen molar-refractivity contribution in [3.8, 4) is 0 Å². The second kappa shape index (κ2) is 9.75. The second-order valence-corrected chi connectivity index (χ2v) is 7.28. The maximum absolute atomic E-state index is 12.4. The lowest BCUT2D eigenvalue weighted by Gasteiger charge is -2.24. The van der Waals surface area contributed by atoms with Crippen LogP contribution in [0.25, 0.3) is 0 Å². The molecule has 1 aliphatic heterocycles. The summed E-state index contributed by atoms with van der Waals surface area (Å²) in [5.41, 5.74) is 0.705. The molecule has 1 aromatic carbocycles. The van der Waals surface area contributed by atoms with E-state index in [0.717, 1.165) is 13.0 Å². The fourth-order valence-corrected chi connectivity index (χ4v) is 3.10. The van der Waals surface area contributed by atoms with Crippen LogP contribution in [0.2, 0.25) is 0 Å². The molecule has 2 atom stereocenters. The second-order valence-electron chi connectivity index (χ2n) is 6.55. The van der Waals surface area contributed by atoms with E-state index in [0.29, 0.717) is 25.3 Å². The molecule has 1 aliphatic rings. The number of hydrogen-bond donors (Lipinski definition) is 1. The molecular formula is C17H25N3O5S. The highest BCUT2D eigenvalue weighted by Crippen LogP contribution is 2.23. The highest BCUT2D eigenvalue weighted by molar-refractivity contribution is 7.81. The molecular weight excluding hydrogens is 358 g/mol. The number of benzene rings is 1. The molecule has 1 aromatic rings. The van der Waals surface area contributed by atoms with Crippen LogP contribution in [-0.4, -0.2) is 72.5 Å². The number of amides is 1. The van der Waals surface area contributed by atoms with Gasteiger partial charge in [-0.2, -0.15) is 12.6 Å². The maximum atomic E-state index is 12.4. The van der Waals surface area contributed by atoms with Gasteiger partial charge >= 0.3 is 6.09 Å². The van der Waals surface area contributed by atoms with Gasteiger partial charge in [0.1, 0.15) is 6.61 Å². The Kier molecular flexibility index (Phi) is 7.67. The van der Waals surface area contributed by atoms with Gasteiger partial charge in [-0.25, -0.2) is 4.79 Å². The van der Waals surface area contributed by atoms with E-state index in [4.69, 9.17) is 9.47 Å². The molecule has 0 aromatic heterocycles. The predicted octanol–water partition coefficient (Wildman–Crippen LogP) is 2.18. The molecule has 1 heterocycles. The number of rotatable bonds is 8. The van der Waals surface area contributed by atoms with Crippen LogP contribution < -0.4 is 0 Å². The fourth-order valence-electron chi connectivity index (χ4n) is 2.68. The zero-order valence-corrected chi connectivity index (χ0v) is 15.9. The number of non-ortho nitro benzene ring substituents is 1. The lowest BCUT2D eigenvalue weighted by molar-refractivity contribution is -0.384. The summed E-state index contributed by atoms with van der Waals surface area (Å²) in [4.78, 5) is 26.3. The Morgan fingerprint density at radius 2 is 2.08 bits per heavy atom. The number of nitrogens with zero attached hydrogens (tertiary/aromatic N) is 3. The Hall–Kier alpha value is -1.84. The third kappa shape index (κ3) is 6.15. The number of carbonyl (C=O) groups is 1. The van der Waals surface area contributed by atoms with Crippen molar-refractivity contribution in [1.82, 2.24) is 9.80 Å². The van der Waals surface area contributed by atoms with Crippen molar-refractivity contribution in [2.24, 2.45) is 0 Å². The topological polar surface area (TPSA) is 85.2 Å². The first-order chi connectivity index (χ1) is 12.4. The summed E-state index contributed by atoms with van der Waals surface area (Å²) in [5.74, 6) is 0. The minimum Gasteiger partial charge on any atom is -0.445 e. The Morgan fingerprint density at radius 3 is 2.69 bits per heavy atom. The van der Waals surface area contributed by atoms with Gasteiger partial charge in [0.25, 0.3) is 5.69 Å². The van der Waals surface area contributed by atoms with Crippen molar-refractivity contribution >= 4 is 24.4 Å². The number of nitro benzene ring substituents is 1. The Bertz CT molecular complexity index is 611. The zero-order valence-electron chi connectivity index (χ0n) is 15.0. The highest BCUT2D eigenvalue weighted by atomic mass is 32.1. The van der Waals surface area contributed by atoms with E-state index in [1.807, 2.05) is 19.0 Å². The van der Waals surface area contributed by atoms with Gasteiger partial charge in [0, 0.05) is 30.5 Å². The van der Waals surface area contributed by atoms with Crippen molar-refractivity contribution < 1.29 is 19.2 Å². The van der Waals surface area contributed by atoms with Crippen LogP contribution in [-0.2, 0) is 16.1 Å². The SMILES string of the molecule is CN(C)CCOC[C@@H]1C[C@H](S)CN1C(=O)OCc1ccc([N+](=O)[O-])cc1. The molecule has 26 heavy (non-hydrogen) atoms. The van der Waals surface area contributed by atoms with Gasteiger partial charge in [-0.3, -0.25) is 10.1 Å². The summed E-state index contributed by atoms with van der Waals surface area (Å²) in [5, 5.41) is 10.8. The summed E-state index contributed by atoms with van der Waals surface area (Å²) >= 11 is 4.47. The van der Waals surface area contributed by atoms with Gasteiger partial charge in [-0.05, 0) is 38.2 Å². The monoisotopic (exact) mass is 383 g/mol. The van der Waals surface area contributed by atoms with Crippen molar-refractivity contribution in [3.63, 3.8) is 0 Å². The van der Waals surface area contributed by atoms with Gasteiger partial charge in [0.2, 0.25) is 0 Å². The summed E-state index contributed by atoms with van der Waals surface area (Å²) in [6.07, 6.45) is 0.346. The molecule has 0 spiro atoms. The van der Waals surface area contributed by atoms with Crippen molar-refractivity contribution in [3.05, 3.63) is 39.9 Å². The van der Waals surface area contributed by atoms with Gasteiger partial charge in [-0.15, -0.1) is 0 Å². The number of hydrogen-bond acceptors (Lipinski definition) is 7. The largest absolute Gasteiger partial charge is 0.445 e. The maximum Gasteiger partial charge on any atom is 0.410 e. The molecule has 0 saturated carbocycles. The molecule has 0 aliphatic carbocycles. The van der Waals surface area contributed by atoms with Crippen LogP contribution in [0.15, 0.2) is 24.3 Å². The van der Waals surface area contributed by atoms with Crippen LogP contribution in [0.1, 0.15) is 12.0 Å². The first-order valence-electron chi connectivity index (χ1n) is 8.44. The van der Waals surface area contributed by atoms with E-state index < -0.39 is 11.0 Å². The van der Waals surface area contributed by atoms with E-state index in [1.54, 1.807) is 17.0 Å². The van der Waals surface area contributed by atoms with E-state index in [2.05, 4.69) is 12.6 Å². The van der Waals surface area contributed by atoms with Gasteiger partial charge in [-0.1, -0.05) is 0 Å². The quantitative estimate of drug-likeness (QED) is 0.321. The summed E-state index contributed by atoms with van der Waals surface area (Å²) < 4.78 is 11.0. The number of thiol groups is 1. The van der Waals surface area contributed by atoms with Gasteiger partial charge < -0.3 is 19.3 Å². The molecule has 1 saturated heterocycles. The summed E-state index contributed by atoms with van der Waals surface area (Å²) in [7, 11) is 3.95. The highest BCUT2D eigenvalue weighted by Gasteiger charge is 2.34. The average Bonchev–Trinajstić information content (AvgIpc) is 2.97. The minimum atomic E-state index is -0.465. The first kappa shape index (κ1) is 20.5. The minimum absolute atomic E-state index is 0.00692. The van der Waals surface area contributed by atoms with Crippen molar-refractivity contribution in [1.29, 1.82) is 0 Å². The van der Waals surface area contributed by atoms with Gasteiger partial charge in [0.05, 0.1) is 24.2 Å². The van der Waals surface area contributed by atoms with Crippen LogP contribution in [0.5, 0.6) is 0 Å². The molecule has 1 fully saturated rings. The molecule has 2 rings (SSSR count). The Balaban J connectivity index is 1.82. The number of nitro groups is 1. The summed E-state index contributed by atoms with van der Waals surface area (Å²) in [6, 6.07) is 5.90. The van der Waals surface area contributed by atoms with E-state index in [-0.39, 0.29) is 23.6 Å². The molecule has 144 valence electrons. The third-order valence-electron chi connectivity index (χ3n) is 4.13. The Labute approximate surface area is 158 Å². The van der Waals surface area contributed by atoms with E-state index >= 15 is 0 Å². The molecule has 1 amide bonds. The zero-order chi connectivity index (χ0) is 19.1. The molecule has 8 nitrogen and oxygen atoms in total. The number of likely N-dealkylation sites (N-methyl/N-ethyl adjacent to an activating group) is 1. The fraction of sp³-hybridized carbons (Fsp3) is 0.588. The van der Waals surface area contributed by atoms with E-state index in [1.165, 1.54) is 12.1 Å². The predicted molar refractivity (Wildman–Crippen MR) is 101 cm³/mol. The normalized spacial score (nSPS) is 19.8. The lowest BCUT2D eigenvalue weighted by Crippen LogP contribution is -2.39. The molecule has 0 bridgehead atoms. The van der Waals surface area contributed by atoms with Crippen molar-refractivity contribution in [2.45, 2.75) is 24.3 Å². The first-order valence-corrected chi connectivity index (χ1v) is 8.95.